The normalized spacial score (nSPS) is 20.6. The van der Waals surface area contributed by atoms with Crippen LogP contribution in [0, 0.1) is 33.5 Å². The van der Waals surface area contributed by atoms with Crippen LogP contribution in [0.25, 0.3) is 11.1 Å². The molecule has 2 aromatic rings. The van der Waals surface area contributed by atoms with E-state index in [9.17, 15) is 26.3 Å². The average Bonchev–Trinajstić information content (AvgIpc) is 2.99. The van der Waals surface area contributed by atoms with Gasteiger partial charge in [-0.3, -0.25) is 0 Å². The lowest BCUT2D eigenvalue weighted by Gasteiger charge is -2.25. The summed E-state index contributed by atoms with van der Waals surface area (Å²) < 4.78 is 89.0. The molecular formula is C17H12F6I2S2. The zero-order chi connectivity index (χ0) is 20.7. The van der Waals surface area contributed by atoms with E-state index < -0.39 is 28.9 Å². The fraction of sp³-hybridized carbons (Fsp3) is 0.412. The van der Waals surface area contributed by atoms with Crippen LogP contribution in [-0.2, 0) is 0 Å². The van der Waals surface area contributed by atoms with Gasteiger partial charge in [0.15, 0.2) is 0 Å². The third kappa shape index (κ3) is 2.78. The molecule has 0 nitrogen and oxygen atoms in total. The van der Waals surface area contributed by atoms with Crippen LogP contribution in [0.1, 0.15) is 32.0 Å². The number of halogens is 8. The van der Waals surface area contributed by atoms with Gasteiger partial charge in [-0.15, -0.1) is 22.7 Å². The Hall–Kier alpha value is 0.180. The topological polar surface area (TPSA) is 0 Å². The molecule has 0 spiro atoms. The van der Waals surface area contributed by atoms with Gasteiger partial charge in [-0.1, -0.05) is 0 Å². The molecule has 0 amide bonds. The van der Waals surface area contributed by atoms with E-state index in [0.717, 1.165) is 22.7 Å². The van der Waals surface area contributed by atoms with Crippen molar-refractivity contribution in [2.45, 2.75) is 45.5 Å². The van der Waals surface area contributed by atoms with E-state index in [1.54, 1.807) is 13.8 Å². The lowest BCUT2D eigenvalue weighted by molar-refractivity contribution is -0.254. The molecule has 27 heavy (non-hydrogen) atoms. The van der Waals surface area contributed by atoms with E-state index in [4.69, 9.17) is 0 Å². The summed E-state index contributed by atoms with van der Waals surface area (Å²) in [6.45, 7) is 6.30. The molecule has 0 saturated heterocycles. The molecule has 0 aliphatic heterocycles. The van der Waals surface area contributed by atoms with Gasteiger partial charge >= 0.3 is 17.8 Å². The zero-order valence-electron chi connectivity index (χ0n) is 14.3. The highest BCUT2D eigenvalue weighted by atomic mass is 127. The van der Waals surface area contributed by atoms with E-state index in [1.165, 1.54) is 13.8 Å². The van der Waals surface area contributed by atoms with Crippen molar-refractivity contribution >= 4 is 79.0 Å². The highest BCUT2D eigenvalue weighted by Gasteiger charge is 2.80. The molecule has 0 fully saturated rings. The fourth-order valence-electron chi connectivity index (χ4n) is 2.94. The van der Waals surface area contributed by atoms with E-state index in [-0.39, 0.29) is 9.75 Å². The van der Waals surface area contributed by atoms with Crippen molar-refractivity contribution in [2.24, 2.45) is 0 Å². The molecule has 3 rings (SSSR count). The van der Waals surface area contributed by atoms with Crippen molar-refractivity contribution in [3.63, 3.8) is 0 Å². The van der Waals surface area contributed by atoms with Gasteiger partial charge in [-0.05, 0) is 95.1 Å². The summed E-state index contributed by atoms with van der Waals surface area (Å²) >= 11 is 5.49. The lowest BCUT2D eigenvalue weighted by atomic mass is 9.99. The van der Waals surface area contributed by atoms with Gasteiger partial charge in [0.05, 0.1) is 16.9 Å². The molecule has 0 aromatic carbocycles. The van der Waals surface area contributed by atoms with Crippen LogP contribution in [0.15, 0.2) is 0 Å². The average molecular weight is 648 g/mol. The third-order valence-electron chi connectivity index (χ3n) is 4.90. The predicted octanol–water partition coefficient (Wildman–Crippen LogP) is 8.08. The van der Waals surface area contributed by atoms with Gasteiger partial charge < -0.3 is 0 Å². The van der Waals surface area contributed by atoms with Crippen LogP contribution in [-0.4, -0.2) is 17.8 Å². The van der Waals surface area contributed by atoms with Crippen LogP contribution in [0.3, 0.4) is 0 Å². The van der Waals surface area contributed by atoms with Crippen molar-refractivity contribution in [2.75, 3.05) is 0 Å². The second kappa shape index (κ2) is 6.59. The molecular weight excluding hydrogens is 636 g/mol. The van der Waals surface area contributed by atoms with Crippen molar-refractivity contribution in [1.82, 2.24) is 0 Å². The first-order valence-corrected chi connectivity index (χ1v) is 11.4. The minimum Gasteiger partial charge on any atom is -0.194 e. The van der Waals surface area contributed by atoms with Crippen LogP contribution >= 0.6 is 67.9 Å². The number of rotatable bonds is 2. The molecule has 148 valence electrons. The first kappa shape index (κ1) is 21.9. The standard InChI is InChI=1S/C17H12F6I2S2/c1-5-7(3)13(24)26-11(5)9-10(12-6(2)8(4)14(25)27-12)16(20,21)17(22,23)15(9,18)19/h1-4H3. The van der Waals surface area contributed by atoms with E-state index in [2.05, 4.69) is 0 Å². The van der Waals surface area contributed by atoms with Gasteiger partial charge in [0.1, 0.15) is 0 Å². The Balaban J connectivity index is 2.50. The molecule has 0 radical (unpaired) electrons. The summed E-state index contributed by atoms with van der Waals surface area (Å²) in [6.07, 6.45) is 0. The SMILES string of the molecule is Cc1c(I)sc(C2=C(c3sc(I)c(C)c3C)C(F)(F)C(F)(F)C2(F)F)c1C. The van der Waals surface area contributed by atoms with Gasteiger partial charge in [-0.2, -0.15) is 26.3 Å². The zero-order valence-corrected chi connectivity index (χ0v) is 20.3. The molecule has 2 heterocycles. The minimum atomic E-state index is -5.50. The van der Waals surface area contributed by atoms with Crippen LogP contribution in [0.4, 0.5) is 26.3 Å². The number of allylic oxidation sites excluding steroid dienone is 2. The maximum absolute atomic E-state index is 14.8. The summed E-state index contributed by atoms with van der Waals surface area (Å²) in [6, 6.07) is 0. The Bertz CT molecular complexity index is 908. The maximum atomic E-state index is 14.8. The summed E-state index contributed by atoms with van der Waals surface area (Å²) in [5.41, 5.74) is -0.578. The number of hydrogen-bond acceptors (Lipinski definition) is 2. The molecule has 1 aliphatic rings. The van der Waals surface area contributed by atoms with Crippen molar-refractivity contribution in [3.05, 3.63) is 37.8 Å². The fourth-order valence-corrected chi connectivity index (χ4v) is 7.31. The summed E-state index contributed by atoms with van der Waals surface area (Å²) in [4.78, 5) is -0.400. The van der Waals surface area contributed by atoms with E-state index in [1.807, 2.05) is 45.2 Å². The molecule has 0 bridgehead atoms. The monoisotopic (exact) mass is 648 g/mol. The molecule has 0 unspecified atom stereocenters. The van der Waals surface area contributed by atoms with Crippen LogP contribution in [0.2, 0.25) is 0 Å². The Kier molecular flexibility index (Phi) is 5.34. The molecule has 0 atom stereocenters. The van der Waals surface area contributed by atoms with Crippen LogP contribution < -0.4 is 0 Å². The Morgan fingerprint density at radius 1 is 0.593 bits per heavy atom. The Morgan fingerprint density at radius 2 is 0.889 bits per heavy atom. The second-order valence-corrected chi connectivity index (χ2v) is 12.0. The first-order chi connectivity index (χ1) is 12.2. The van der Waals surface area contributed by atoms with E-state index in [0.29, 0.717) is 28.0 Å². The van der Waals surface area contributed by atoms with Crippen molar-refractivity contribution < 1.29 is 26.3 Å². The number of alkyl halides is 6. The molecule has 0 N–H and O–H groups in total. The van der Waals surface area contributed by atoms with Crippen molar-refractivity contribution in [1.29, 1.82) is 0 Å². The van der Waals surface area contributed by atoms with Crippen molar-refractivity contribution in [3.8, 4) is 0 Å². The summed E-state index contributed by atoms with van der Waals surface area (Å²) in [7, 11) is 0. The molecule has 0 saturated carbocycles. The van der Waals surface area contributed by atoms with Gasteiger partial charge in [0.25, 0.3) is 0 Å². The van der Waals surface area contributed by atoms with Gasteiger partial charge in [0.2, 0.25) is 0 Å². The highest BCUT2D eigenvalue weighted by Crippen LogP contribution is 2.66. The van der Waals surface area contributed by atoms with Crippen LogP contribution in [0.5, 0.6) is 0 Å². The quantitative estimate of drug-likeness (QED) is 0.228. The Labute approximate surface area is 187 Å². The molecule has 10 heteroatoms. The van der Waals surface area contributed by atoms with Gasteiger partial charge in [-0.25, -0.2) is 0 Å². The summed E-state index contributed by atoms with van der Waals surface area (Å²) in [5.74, 6) is -15.5. The minimum absolute atomic E-state index is 0.200. The molecule has 1 aliphatic carbocycles. The number of hydrogen-bond donors (Lipinski definition) is 0. The maximum Gasteiger partial charge on any atom is 0.380 e. The second-order valence-electron chi connectivity index (χ2n) is 6.38. The Morgan fingerprint density at radius 3 is 1.11 bits per heavy atom. The first-order valence-electron chi connectivity index (χ1n) is 7.58. The van der Waals surface area contributed by atoms with Gasteiger partial charge in [0, 0.05) is 9.75 Å². The number of thiophene rings is 2. The largest absolute Gasteiger partial charge is 0.380 e. The summed E-state index contributed by atoms with van der Waals surface area (Å²) in [5, 5.41) is 0. The molecule has 2 aromatic heterocycles. The third-order valence-corrected chi connectivity index (χ3v) is 10.2. The highest BCUT2D eigenvalue weighted by molar-refractivity contribution is 14.1. The predicted molar refractivity (Wildman–Crippen MR) is 115 cm³/mol. The smallest absolute Gasteiger partial charge is 0.194 e. The van der Waals surface area contributed by atoms with E-state index >= 15 is 0 Å². The lowest BCUT2D eigenvalue weighted by Crippen LogP contribution is -2.48.